The van der Waals surface area contributed by atoms with Crippen molar-refractivity contribution in [3.8, 4) is 0 Å². The quantitative estimate of drug-likeness (QED) is 0.637. The first-order valence-corrected chi connectivity index (χ1v) is 9.76. The summed E-state index contributed by atoms with van der Waals surface area (Å²) in [5.74, 6) is -0.521. The Balaban J connectivity index is 2.21. The average molecular weight is 377 g/mol. The fourth-order valence-electron chi connectivity index (χ4n) is 3.17. The maximum absolute atomic E-state index is 12.9. The van der Waals surface area contributed by atoms with Crippen LogP contribution in [-0.4, -0.2) is 42.6 Å². The first-order chi connectivity index (χ1) is 12.3. The summed E-state index contributed by atoms with van der Waals surface area (Å²) in [5, 5.41) is 6.67. The Hall–Kier alpha value is -2.68. The van der Waals surface area contributed by atoms with E-state index in [9.17, 15) is 18.0 Å². The molecule has 0 unspecified atom stereocenters. The third kappa shape index (κ3) is 2.78. The summed E-state index contributed by atoms with van der Waals surface area (Å²) in [5.41, 5.74) is 1.20. The summed E-state index contributed by atoms with van der Waals surface area (Å²) in [7, 11) is -2.07. The van der Waals surface area contributed by atoms with Crippen molar-refractivity contribution in [2.75, 3.05) is 12.9 Å². The van der Waals surface area contributed by atoms with E-state index in [0.717, 1.165) is 0 Å². The Morgan fingerprint density at radius 1 is 1.35 bits per heavy atom. The van der Waals surface area contributed by atoms with E-state index in [4.69, 9.17) is 4.84 Å². The number of oxime groups is 1. The first kappa shape index (κ1) is 18.1. The van der Waals surface area contributed by atoms with Crippen LogP contribution in [0.5, 0.6) is 0 Å². The van der Waals surface area contributed by atoms with Crippen LogP contribution in [0.15, 0.2) is 33.2 Å². The van der Waals surface area contributed by atoms with Gasteiger partial charge in [-0.3, -0.25) is 14.3 Å². The molecule has 3 rings (SSSR count). The number of hydrogen-bond donors (Lipinski definition) is 1. The Kier molecular flexibility index (Phi) is 4.57. The molecule has 1 aliphatic rings. The lowest BCUT2D eigenvalue weighted by atomic mass is 9.93. The number of aryl methyl sites for hydroxylation is 1. The maximum atomic E-state index is 12.9. The molecule has 8 nitrogen and oxygen atoms in total. The molecule has 138 valence electrons. The molecule has 0 atom stereocenters. The molecule has 0 radical (unpaired) electrons. The number of aromatic nitrogens is 2. The van der Waals surface area contributed by atoms with E-state index < -0.39 is 21.2 Å². The van der Waals surface area contributed by atoms with Crippen LogP contribution in [0.4, 0.5) is 0 Å². The predicted molar refractivity (Wildman–Crippen MR) is 95.6 cm³/mol. The monoisotopic (exact) mass is 377 g/mol. The second-order valence-electron chi connectivity index (χ2n) is 5.97. The van der Waals surface area contributed by atoms with Gasteiger partial charge in [0.05, 0.1) is 16.4 Å². The molecule has 0 bridgehead atoms. The summed E-state index contributed by atoms with van der Waals surface area (Å²) in [6, 6.07) is 2.85. The van der Waals surface area contributed by atoms with Gasteiger partial charge in [-0.25, -0.2) is 8.42 Å². The highest BCUT2D eigenvalue weighted by Gasteiger charge is 2.32. The Bertz CT molecular complexity index is 1080. The molecule has 0 fully saturated rings. The number of sulfone groups is 1. The molecule has 0 saturated heterocycles. The number of carbonyl (C=O) groups excluding carboxylic acids is 1. The summed E-state index contributed by atoms with van der Waals surface area (Å²) in [6.45, 7) is 3.86. The molecule has 9 heteroatoms. The summed E-state index contributed by atoms with van der Waals surface area (Å²) in [4.78, 5) is 30.1. The van der Waals surface area contributed by atoms with E-state index in [1.54, 1.807) is 13.8 Å². The van der Waals surface area contributed by atoms with Crippen molar-refractivity contribution in [3.05, 3.63) is 50.9 Å². The number of nitrogens with one attached hydrogen (secondary N) is 1. The molecule has 1 aromatic heterocycles. The van der Waals surface area contributed by atoms with Crippen LogP contribution < -0.4 is 5.56 Å². The molecule has 1 aromatic carbocycles. The largest absolute Gasteiger partial charge is 0.399 e. The van der Waals surface area contributed by atoms with Gasteiger partial charge in [0, 0.05) is 30.3 Å². The number of aromatic amines is 1. The van der Waals surface area contributed by atoms with E-state index >= 15 is 0 Å². The van der Waals surface area contributed by atoms with Gasteiger partial charge in [-0.2, -0.15) is 0 Å². The Morgan fingerprint density at radius 3 is 2.69 bits per heavy atom. The lowest BCUT2D eigenvalue weighted by Gasteiger charge is -2.21. The van der Waals surface area contributed by atoms with E-state index in [1.807, 2.05) is 0 Å². The standard InChI is InChI=1S/C17H19N3O5S/c1-4-20-17(22)12(9-18-20)16(21)11-5-6-14-15(10(11)2)13(19-25-3)7-8-26(14,23)24/h5-6,9,18H,4,7-8H2,1-3H3/b19-13-. The van der Waals surface area contributed by atoms with Gasteiger partial charge in [-0.1, -0.05) is 5.16 Å². The highest BCUT2D eigenvalue weighted by atomic mass is 32.2. The number of benzene rings is 1. The smallest absolute Gasteiger partial charge is 0.277 e. The second kappa shape index (κ2) is 6.56. The lowest BCUT2D eigenvalue weighted by Crippen LogP contribution is -2.25. The number of ketones is 1. The van der Waals surface area contributed by atoms with Crippen LogP contribution in [0, 0.1) is 6.92 Å². The van der Waals surface area contributed by atoms with Crippen LogP contribution in [0.1, 0.15) is 40.4 Å². The molecule has 0 aliphatic carbocycles. The van der Waals surface area contributed by atoms with Crippen molar-refractivity contribution in [1.29, 1.82) is 0 Å². The van der Waals surface area contributed by atoms with Crippen molar-refractivity contribution in [2.24, 2.45) is 5.16 Å². The minimum Gasteiger partial charge on any atom is -0.399 e. The van der Waals surface area contributed by atoms with Crippen molar-refractivity contribution in [3.63, 3.8) is 0 Å². The van der Waals surface area contributed by atoms with E-state index in [-0.39, 0.29) is 28.2 Å². The zero-order chi connectivity index (χ0) is 19.1. The normalized spacial score (nSPS) is 17.1. The number of nitrogens with zero attached hydrogens (tertiary/aromatic N) is 2. The minimum absolute atomic E-state index is 0.0128. The average Bonchev–Trinajstić information content (AvgIpc) is 2.98. The third-order valence-electron chi connectivity index (χ3n) is 4.51. The zero-order valence-electron chi connectivity index (χ0n) is 14.7. The lowest BCUT2D eigenvalue weighted by molar-refractivity contribution is 0.103. The van der Waals surface area contributed by atoms with Crippen molar-refractivity contribution in [2.45, 2.75) is 31.7 Å². The number of hydrogen-bond acceptors (Lipinski definition) is 6. The van der Waals surface area contributed by atoms with E-state index in [1.165, 1.54) is 30.1 Å². The molecule has 1 aliphatic heterocycles. The number of rotatable bonds is 4. The number of fused-ring (bicyclic) bond motifs is 1. The molecule has 1 N–H and O–H groups in total. The second-order valence-corrected chi connectivity index (χ2v) is 8.04. The molecule has 0 spiro atoms. The van der Waals surface area contributed by atoms with Crippen LogP contribution in [0.3, 0.4) is 0 Å². The van der Waals surface area contributed by atoms with Crippen LogP contribution >= 0.6 is 0 Å². The molecule has 0 saturated carbocycles. The van der Waals surface area contributed by atoms with E-state index in [0.29, 0.717) is 23.4 Å². The highest BCUT2D eigenvalue weighted by molar-refractivity contribution is 7.91. The van der Waals surface area contributed by atoms with Gasteiger partial charge in [0.2, 0.25) is 0 Å². The van der Waals surface area contributed by atoms with Crippen LogP contribution in [-0.2, 0) is 21.2 Å². The van der Waals surface area contributed by atoms with Gasteiger partial charge < -0.3 is 9.94 Å². The van der Waals surface area contributed by atoms with Crippen molar-refractivity contribution in [1.82, 2.24) is 9.78 Å². The van der Waals surface area contributed by atoms with Gasteiger partial charge in [0.1, 0.15) is 12.7 Å². The van der Waals surface area contributed by atoms with Gasteiger partial charge >= 0.3 is 0 Å². The van der Waals surface area contributed by atoms with Crippen LogP contribution in [0.2, 0.25) is 0 Å². The molecular formula is C17H19N3O5S. The van der Waals surface area contributed by atoms with Gasteiger partial charge in [-0.05, 0) is 31.5 Å². The van der Waals surface area contributed by atoms with Gasteiger partial charge in [-0.15, -0.1) is 0 Å². The fourth-order valence-corrected chi connectivity index (χ4v) is 4.71. The van der Waals surface area contributed by atoms with Gasteiger partial charge in [0.25, 0.3) is 5.56 Å². The number of H-pyrrole nitrogens is 1. The molecule has 0 amide bonds. The zero-order valence-corrected chi connectivity index (χ0v) is 15.5. The van der Waals surface area contributed by atoms with Gasteiger partial charge in [0.15, 0.2) is 15.6 Å². The first-order valence-electron chi connectivity index (χ1n) is 8.11. The fraction of sp³-hybridized carbons (Fsp3) is 0.353. The van der Waals surface area contributed by atoms with Crippen LogP contribution in [0.25, 0.3) is 0 Å². The molecule has 26 heavy (non-hydrogen) atoms. The molecule has 2 heterocycles. The highest BCUT2D eigenvalue weighted by Crippen LogP contribution is 2.31. The minimum atomic E-state index is -3.45. The third-order valence-corrected chi connectivity index (χ3v) is 6.26. The maximum Gasteiger partial charge on any atom is 0.277 e. The van der Waals surface area contributed by atoms with Crippen molar-refractivity contribution < 1.29 is 18.0 Å². The summed E-state index contributed by atoms with van der Waals surface area (Å²) < 4.78 is 26.1. The number of carbonyl (C=O) groups is 1. The summed E-state index contributed by atoms with van der Waals surface area (Å²) >= 11 is 0. The Labute approximate surface area is 150 Å². The molecule has 2 aromatic rings. The topological polar surface area (TPSA) is 111 Å². The van der Waals surface area contributed by atoms with E-state index in [2.05, 4.69) is 10.3 Å². The van der Waals surface area contributed by atoms with Crippen molar-refractivity contribution >= 4 is 21.3 Å². The Morgan fingerprint density at radius 2 is 2.08 bits per heavy atom. The predicted octanol–water partition coefficient (Wildman–Crippen LogP) is 1.26. The molecular weight excluding hydrogens is 358 g/mol. The summed E-state index contributed by atoms with van der Waals surface area (Å²) in [6.07, 6.45) is 1.57. The SMILES string of the molecule is CCn1[nH]cc(C(=O)c2ccc3c(c2C)/C(=N\OC)CCS3(=O)=O)c1=O.